The monoisotopic (exact) mass is 372 g/mol. The molecule has 3 heterocycles. The van der Waals surface area contributed by atoms with E-state index in [1.807, 2.05) is 13.8 Å². The van der Waals surface area contributed by atoms with Gasteiger partial charge in [0.2, 0.25) is 5.82 Å². The molecular weight excluding hydrogens is 347 g/mol. The van der Waals surface area contributed by atoms with Crippen LogP contribution in [0.4, 0.5) is 10.2 Å². The molecule has 1 unspecified atom stereocenters. The smallest absolute Gasteiger partial charge is 0.286 e. The van der Waals surface area contributed by atoms with Gasteiger partial charge in [0.15, 0.2) is 0 Å². The van der Waals surface area contributed by atoms with Crippen LogP contribution in [0, 0.1) is 19.7 Å². The lowest BCUT2D eigenvalue weighted by molar-refractivity contribution is 0.0990. The molecule has 27 heavy (non-hydrogen) atoms. The van der Waals surface area contributed by atoms with Crippen LogP contribution in [-0.4, -0.2) is 40.0 Å². The van der Waals surface area contributed by atoms with Crippen molar-refractivity contribution in [2.45, 2.75) is 45.7 Å². The van der Waals surface area contributed by atoms with Crippen molar-refractivity contribution in [3.05, 3.63) is 46.9 Å². The maximum Gasteiger partial charge on any atom is 0.286 e. The molecule has 0 spiro atoms. The van der Waals surface area contributed by atoms with Crippen LogP contribution in [0.2, 0.25) is 0 Å². The quantitative estimate of drug-likeness (QED) is 0.805. The first-order valence-corrected chi connectivity index (χ1v) is 9.16. The third kappa shape index (κ3) is 4.21. The second kappa shape index (κ2) is 7.96. The summed E-state index contributed by atoms with van der Waals surface area (Å²) in [6.07, 6.45) is 3.04. The van der Waals surface area contributed by atoms with Crippen LogP contribution in [0.3, 0.4) is 0 Å². The summed E-state index contributed by atoms with van der Waals surface area (Å²) in [5.41, 5.74) is 7.90. The summed E-state index contributed by atoms with van der Waals surface area (Å²) >= 11 is 0. The minimum absolute atomic E-state index is 0.0476. The van der Waals surface area contributed by atoms with Gasteiger partial charge in [-0.15, -0.1) is 0 Å². The van der Waals surface area contributed by atoms with E-state index in [0.717, 1.165) is 48.7 Å². The largest absolute Gasteiger partial charge is 0.363 e. The van der Waals surface area contributed by atoms with Crippen molar-refractivity contribution in [3.8, 4) is 0 Å². The number of amides is 1. The average molecular weight is 372 g/mol. The van der Waals surface area contributed by atoms with Gasteiger partial charge in [0, 0.05) is 36.4 Å². The van der Waals surface area contributed by atoms with Crippen molar-refractivity contribution < 1.29 is 9.18 Å². The van der Waals surface area contributed by atoms with Gasteiger partial charge in [-0.3, -0.25) is 9.78 Å². The summed E-state index contributed by atoms with van der Waals surface area (Å²) in [5.74, 6) is -0.151. The minimum atomic E-state index is -0.623. The molecule has 1 aliphatic heterocycles. The number of anilines is 1. The molecule has 2 aromatic rings. The molecule has 1 saturated heterocycles. The standard InChI is InChI=1S/C19H25FN6O/c1-4-15(16-6-5-13(20)9-22-16)24-14-7-8-26(10-14)19-11(2)12(3)23-18(25-19)17(21)27/h5-6,9,14-15,24H,4,7-8,10H2,1-3H3,(H2,21,27)/t14-,15?/m1/s1. The minimum Gasteiger partial charge on any atom is -0.363 e. The van der Waals surface area contributed by atoms with Crippen LogP contribution in [0.1, 0.15) is 53.4 Å². The van der Waals surface area contributed by atoms with Crippen molar-refractivity contribution in [1.82, 2.24) is 20.3 Å². The molecule has 0 bridgehead atoms. The van der Waals surface area contributed by atoms with Crippen LogP contribution in [0.15, 0.2) is 18.3 Å². The van der Waals surface area contributed by atoms with Crippen LogP contribution in [-0.2, 0) is 0 Å². The van der Waals surface area contributed by atoms with Gasteiger partial charge < -0.3 is 16.0 Å². The van der Waals surface area contributed by atoms with Crippen LogP contribution >= 0.6 is 0 Å². The molecule has 2 aromatic heterocycles. The first kappa shape index (κ1) is 19.2. The average Bonchev–Trinajstić information content (AvgIpc) is 3.11. The summed E-state index contributed by atoms with van der Waals surface area (Å²) < 4.78 is 13.1. The molecule has 3 rings (SSSR count). The molecular formula is C19H25FN6O. The number of aryl methyl sites for hydroxylation is 1. The fourth-order valence-electron chi connectivity index (χ4n) is 3.41. The Hall–Kier alpha value is -2.61. The predicted octanol–water partition coefficient (Wildman–Crippen LogP) is 2.05. The Bertz CT molecular complexity index is 826. The molecule has 8 heteroatoms. The topological polar surface area (TPSA) is 97.0 Å². The van der Waals surface area contributed by atoms with Gasteiger partial charge in [-0.2, -0.15) is 0 Å². The second-order valence-corrected chi connectivity index (χ2v) is 6.91. The molecule has 144 valence electrons. The van der Waals surface area contributed by atoms with E-state index in [1.165, 1.54) is 12.3 Å². The molecule has 2 atom stereocenters. The predicted molar refractivity (Wildman–Crippen MR) is 101 cm³/mol. The van der Waals surface area contributed by atoms with E-state index in [4.69, 9.17) is 5.73 Å². The van der Waals surface area contributed by atoms with E-state index < -0.39 is 5.91 Å². The van der Waals surface area contributed by atoms with Crippen molar-refractivity contribution in [2.24, 2.45) is 5.73 Å². The zero-order valence-electron chi connectivity index (χ0n) is 15.9. The lowest BCUT2D eigenvalue weighted by Crippen LogP contribution is -2.36. The van der Waals surface area contributed by atoms with E-state index in [0.29, 0.717) is 0 Å². The lowest BCUT2D eigenvalue weighted by atomic mass is 10.1. The molecule has 1 fully saturated rings. The van der Waals surface area contributed by atoms with Crippen LogP contribution in [0.25, 0.3) is 0 Å². The number of carbonyl (C=O) groups is 1. The van der Waals surface area contributed by atoms with E-state index >= 15 is 0 Å². The summed E-state index contributed by atoms with van der Waals surface area (Å²) in [4.78, 5) is 26.4. The summed E-state index contributed by atoms with van der Waals surface area (Å²) in [6, 6.07) is 3.46. The highest BCUT2D eigenvalue weighted by molar-refractivity contribution is 5.89. The number of rotatable bonds is 6. The Kier molecular flexibility index (Phi) is 5.65. The van der Waals surface area contributed by atoms with Gasteiger partial charge >= 0.3 is 0 Å². The molecule has 0 aromatic carbocycles. The van der Waals surface area contributed by atoms with Crippen molar-refractivity contribution in [2.75, 3.05) is 18.0 Å². The number of hydrogen-bond donors (Lipinski definition) is 2. The normalized spacial score (nSPS) is 17.9. The number of nitrogens with one attached hydrogen (secondary N) is 1. The maximum absolute atomic E-state index is 13.1. The molecule has 0 radical (unpaired) electrons. The number of nitrogens with two attached hydrogens (primary N) is 1. The number of nitrogens with zero attached hydrogens (tertiary/aromatic N) is 4. The van der Waals surface area contributed by atoms with Gasteiger partial charge in [0.1, 0.15) is 11.6 Å². The van der Waals surface area contributed by atoms with E-state index in [2.05, 4.69) is 32.1 Å². The van der Waals surface area contributed by atoms with Crippen LogP contribution < -0.4 is 16.0 Å². The number of primary amides is 1. The van der Waals surface area contributed by atoms with E-state index in [9.17, 15) is 9.18 Å². The van der Waals surface area contributed by atoms with Gasteiger partial charge in [0.05, 0.1) is 11.9 Å². The second-order valence-electron chi connectivity index (χ2n) is 6.91. The van der Waals surface area contributed by atoms with Gasteiger partial charge in [-0.05, 0) is 38.8 Å². The van der Waals surface area contributed by atoms with E-state index in [-0.39, 0.29) is 23.7 Å². The third-order valence-electron chi connectivity index (χ3n) is 5.02. The summed E-state index contributed by atoms with van der Waals surface area (Å²) in [7, 11) is 0. The Morgan fingerprint density at radius 1 is 1.41 bits per heavy atom. The zero-order valence-corrected chi connectivity index (χ0v) is 15.9. The van der Waals surface area contributed by atoms with Crippen molar-refractivity contribution >= 4 is 11.7 Å². The van der Waals surface area contributed by atoms with Crippen LogP contribution in [0.5, 0.6) is 0 Å². The van der Waals surface area contributed by atoms with E-state index in [1.54, 1.807) is 6.07 Å². The summed E-state index contributed by atoms with van der Waals surface area (Å²) in [5, 5.41) is 3.61. The number of halogens is 1. The molecule has 0 aliphatic carbocycles. The third-order valence-corrected chi connectivity index (χ3v) is 5.02. The first-order chi connectivity index (χ1) is 12.9. The molecule has 0 saturated carbocycles. The number of hydrogen-bond acceptors (Lipinski definition) is 6. The fourth-order valence-corrected chi connectivity index (χ4v) is 3.41. The maximum atomic E-state index is 13.1. The Balaban J connectivity index is 1.73. The van der Waals surface area contributed by atoms with Crippen molar-refractivity contribution in [1.29, 1.82) is 0 Å². The highest BCUT2D eigenvalue weighted by Gasteiger charge is 2.28. The molecule has 7 nitrogen and oxygen atoms in total. The first-order valence-electron chi connectivity index (χ1n) is 9.16. The number of aromatic nitrogens is 3. The van der Waals surface area contributed by atoms with Crippen molar-refractivity contribution in [3.63, 3.8) is 0 Å². The number of carbonyl (C=O) groups excluding carboxylic acids is 1. The lowest BCUT2D eigenvalue weighted by Gasteiger charge is -2.23. The Labute approximate surface area is 158 Å². The van der Waals surface area contributed by atoms with Gasteiger partial charge in [-0.25, -0.2) is 14.4 Å². The molecule has 3 N–H and O–H groups in total. The number of pyridine rings is 1. The van der Waals surface area contributed by atoms with Gasteiger partial charge in [-0.1, -0.05) is 6.92 Å². The fraction of sp³-hybridized carbons (Fsp3) is 0.474. The highest BCUT2D eigenvalue weighted by Crippen LogP contribution is 2.25. The molecule has 1 aliphatic rings. The Morgan fingerprint density at radius 3 is 2.81 bits per heavy atom. The summed E-state index contributed by atoms with van der Waals surface area (Å²) in [6.45, 7) is 7.46. The Morgan fingerprint density at radius 2 is 2.19 bits per heavy atom. The van der Waals surface area contributed by atoms with Gasteiger partial charge in [0.25, 0.3) is 5.91 Å². The zero-order chi connectivity index (χ0) is 19.6. The molecule has 1 amide bonds. The SMILES string of the molecule is CCC(N[C@@H]1CCN(c2nc(C(N)=O)nc(C)c2C)C1)c1ccc(F)cn1. The highest BCUT2D eigenvalue weighted by atomic mass is 19.1.